The lowest BCUT2D eigenvalue weighted by molar-refractivity contribution is -0.132. The standard InChI is InChI=1S/C29H34F2N8O/c1-6-37-10-9-26(40)38(12-11-37)18(4)20-7-8-25(32-15-20)35-29-33-16-23(31)27(36-29)21-13-22(30)28-24(14-21)39(17(2)3)19(5)34-28/h7-8,13-18H,6,9-12H2,1-5H3,(H,32,33,35,36)/t18-/m1/s1. The first-order valence-electron chi connectivity index (χ1n) is 13.6. The molecule has 1 amide bonds. The molecule has 210 valence electrons. The van der Waals surface area contributed by atoms with E-state index in [-0.39, 0.29) is 40.7 Å². The number of imidazole rings is 1. The van der Waals surface area contributed by atoms with Gasteiger partial charge in [-0.05, 0) is 58.0 Å². The molecule has 4 aromatic rings. The molecule has 9 nitrogen and oxygen atoms in total. The maximum atomic E-state index is 15.0. The van der Waals surface area contributed by atoms with Crippen LogP contribution in [0.2, 0.25) is 0 Å². The zero-order valence-corrected chi connectivity index (χ0v) is 23.4. The topological polar surface area (TPSA) is 92.1 Å². The van der Waals surface area contributed by atoms with Crippen LogP contribution in [0.3, 0.4) is 0 Å². The van der Waals surface area contributed by atoms with Gasteiger partial charge in [-0.15, -0.1) is 0 Å². The van der Waals surface area contributed by atoms with Crippen LogP contribution in [-0.4, -0.2) is 66.4 Å². The van der Waals surface area contributed by atoms with Crippen molar-refractivity contribution < 1.29 is 13.6 Å². The number of nitrogens with zero attached hydrogens (tertiary/aromatic N) is 7. The van der Waals surface area contributed by atoms with E-state index in [0.717, 1.165) is 31.4 Å². The lowest BCUT2D eigenvalue weighted by Gasteiger charge is -2.28. The SMILES string of the molecule is CCN1CCC(=O)N([C@H](C)c2ccc(Nc3ncc(F)c(-c4cc(F)c5nc(C)n(C(C)C)c5c4)n3)nc2)CC1. The van der Waals surface area contributed by atoms with Gasteiger partial charge < -0.3 is 19.7 Å². The van der Waals surface area contributed by atoms with E-state index < -0.39 is 11.6 Å². The fourth-order valence-corrected chi connectivity index (χ4v) is 5.32. The summed E-state index contributed by atoms with van der Waals surface area (Å²) in [7, 11) is 0. The molecule has 5 rings (SSSR count). The predicted molar refractivity (Wildman–Crippen MR) is 150 cm³/mol. The van der Waals surface area contributed by atoms with E-state index in [4.69, 9.17) is 0 Å². The van der Waals surface area contributed by atoms with Crippen molar-refractivity contribution in [2.45, 2.75) is 53.1 Å². The van der Waals surface area contributed by atoms with Crippen molar-refractivity contribution in [1.82, 2.24) is 34.3 Å². The highest BCUT2D eigenvalue weighted by molar-refractivity contribution is 5.83. The molecule has 0 bridgehead atoms. The number of fused-ring (bicyclic) bond motifs is 1. The van der Waals surface area contributed by atoms with Gasteiger partial charge in [0.2, 0.25) is 11.9 Å². The van der Waals surface area contributed by atoms with Gasteiger partial charge in [-0.2, -0.15) is 0 Å². The van der Waals surface area contributed by atoms with Gasteiger partial charge in [0, 0.05) is 43.9 Å². The number of aromatic nitrogens is 5. The number of pyridine rings is 1. The van der Waals surface area contributed by atoms with Crippen molar-refractivity contribution in [3.05, 3.63) is 59.7 Å². The molecule has 1 aliphatic heterocycles. The number of carbonyl (C=O) groups is 1. The fourth-order valence-electron chi connectivity index (χ4n) is 5.32. The van der Waals surface area contributed by atoms with E-state index in [1.807, 2.05) is 43.2 Å². The maximum absolute atomic E-state index is 15.0. The number of hydrogen-bond acceptors (Lipinski definition) is 7. The van der Waals surface area contributed by atoms with Gasteiger partial charge in [0.15, 0.2) is 11.6 Å². The molecule has 1 aromatic carbocycles. The Morgan fingerprint density at radius 2 is 1.80 bits per heavy atom. The van der Waals surface area contributed by atoms with Crippen molar-refractivity contribution in [1.29, 1.82) is 0 Å². The van der Waals surface area contributed by atoms with Crippen molar-refractivity contribution in [2.75, 3.05) is 31.5 Å². The first-order chi connectivity index (χ1) is 19.2. The van der Waals surface area contributed by atoms with Gasteiger partial charge in [0.1, 0.15) is 22.9 Å². The summed E-state index contributed by atoms with van der Waals surface area (Å²) in [4.78, 5) is 34.1. The van der Waals surface area contributed by atoms with Crippen LogP contribution in [0.25, 0.3) is 22.3 Å². The van der Waals surface area contributed by atoms with E-state index in [2.05, 4.69) is 37.1 Å². The molecule has 0 saturated carbocycles. The summed E-state index contributed by atoms with van der Waals surface area (Å²) in [6.45, 7) is 13.1. The van der Waals surface area contributed by atoms with E-state index in [1.165, 1.54) is 6.07 Å². The van der Waals surface area contributed by atoms with E-state index >= 15 is 0 Å². The second-order valence-corrected chi connectivity index (χ2v) is 10.4. The largest absolute Gasteiger partial charge is 0.335 e. The highest BCUT2D eigenvalue weighted by atomic mass is 19.1. The van der Waals surface area contributed by atoms with Crippen molar-refractivity contribution >= 4 is 28.7 Å². The third-order valence-electron chi connectivity index (χ3n) is 7.50. The number of hydrogen-bond donors (Lipinski definition) is 1. The molecular weight excluding hydrogens is 514 g/mol. The molecule has 11 heteroatoms. The van der Waals surface area contributed by atoms with Crippen LogP contribution in [-0.2, 0) is 4.79 Å². The van der Waals surface area contributed by atoms with Crippen LogP contribution in [0, 0.1) is 18.6 Å². The number of amides is 1. The summed E-state index contributed by atoms with van der Waals surface area (Å²) >= 11 is 0. The summed E-state index contributed by atoms with van der Waals surface area (Å²) in [6.07, 6.45) is 3.27. The van der Waals surface area contributed by atoms with Crippen LogP contribution in [0.1, 0.15) is 57.6 Å². The molecule has 0 unspecified atom stereocenters. The molecule has 0 spiro atoms. The molecule has 0 aliphatic carbocycles. The number of likely N-dealkylation sites (N-methyl/N-ethyl adjacent to an activating group) is 1. The highest BCUT2D eigenvalue weighted by Gasteiger charge is 2.25. The minimum absolute atomic E-state index is 0.0292. The molecule has 4 heterocycles. The Morgan fingerprint density at radius 1 is 1.00 bits per heavy atom. The second-order valence-electron chi connectivity index (χ2n) is 10.4. The van der Waals surface area contributed by atoms with Gasteiger partial charge in [0.05, 0.1) is 17.8 Å². The van der Waals surface area contributed by atoms with Crippen molar-refractivity contribution in [3.8, 4) is 11.3 Å². The van der Waals surface area contributed by atoms with Crippen LogP contribution in [0.4, 0.5) is 20.5 Å². The third kappa shape index (κ3) is 5.38. The number of benzene rings is 1. The van der Waals surface area contributed by atoms with Gasteiger partial charge in [-0.25, -0.2) is 28.7 Å². The minimum atomic E-state index is -0.669. The summed E-state index contributed by atoms with van der Waals surface area (Å²) in [5.41, 5.74) is 1.98. The lowest BCUT2D eigenvalue weighted by Crippen LogP contribution is -2.35. The van der Waals surface area contributed by atoms with Gasteiger partial charge in [0.25, 0.3) is 0 Å². The molecule has 1 N–H and O–H groups in total. The Morgan fingerprint density at radius 3 is 2.50 bits per heavy atom. The van der Waals surface area contributed by atoms with E-state index in [9.17, 15) is 13.6 Å². The third-order valence-corrected chi connectivity index (χ3v) is 7.50. The predicted octanol–water partition coefficient (Wildman–Crippen LogP) is 5.41. The minimum Gasteiger partial charge on any atom is -0.335 e. The summed E-state index contributed by atoms with van der Waals surface area (Å²) < 4.78 is 31.8. The van der Waals surface area contributed by atoms with Crippen molar-refractivity contribution in [2.24, 2.45) is 0 Å². The number of anilines is 2. The Bertz CT molecular complexity index is 1540. The molecule has 1 atom stereocenters. The van der Waals surface area contributed by atoms with Gasteiger partial charge >= 0.3 is 0 Å². The van der Waals surface area contributed by atoms with E-state index in [0.29, 0.717) is 30.1 Å². The lowest BCUT2D eigenvalue weighted by atomic mass is 10.1. The highest BCUT2D eigenvalue weighted by Crippen LogP contribution is 2.30. The molecule has 40 heavy (non-hydrogen) atoms. The molecule has 1 aliphatic rings. The summed E-state index contributed by atoms with van der Waals surface area (Å²) in [6, 6.07) is 6.55. The maximum Gasteiger partial charge on any atom is 0.229 e. The normalized spacial score (nSPS) is 15.6. The van der Waals surface area contributed by atoms with Gasteiger partial charge in [-0.1, -0.05) is 13.0 Å². The van der Waals surface area contributed by atoms with Crippen LogP contribution >= 0.6 is 0 Å². The monoisotopic (exact) mass is 548 g/mol. The Labute approximate surface area is 232 Å². The van der Waals surface area contributed by atoms with Crippen molar-refractivity contribution in [3.63, 3.8) is 0 Å². The number of halogens is 2. The molecule has 0 radical (unpaired) electrons. The Hall–Kier alpha value is -3.99. The average molecular weight is 549 g/mol. The molecule has 1 fully saturated rings. The fraction of sp³-hybridized carbons (Fsp3) is 0.414. The number of nitrogens with one attached hydrogen (secondary N) is 1. The van der Waals surface area contributed by atoms with Crippen LogP contribution in [0.5, 0.6) is 0 Å². The second kappa shape index (κ2) is 11.2. The number of carbonyl (C=O) groups excluding carboxylic acids is 1. The molecular formula is C29H34F2N8O. The quantitative estimate of drug-likeness (QED) is 0.330. The Balaban J connectivity index is 1.37. The zero-order valence-electron chi connectivity index (χ0n) is 23.4. The first kappa shape index (κ1) is 27.6. The summed E-state index contributed by atoms with van der Waals surface area (Å²) in [5, 5.41) is 3.01. The number of aryl methyl sites for hydroxylation is 1. The molecule has 1 saturated heterocycles. The van der Waals surface area contributed by atoms with Crippen LogP contribution in [0.15, 0.2) is 36.7 Å². The smallest absolute Gasteiger partial charge is 0.229 e. The Kier molecular flexibility index (Phi) is 7.75. The average Bonchev–Trinajstić information content (AvgIpc) is 3.16. The van der Waals surface area contributed by atoms with Crippen LogP contribution < -0.4 is 5.32 Å². The zero-order chi connectivity index (χ0) is 28.6. The van der Waals surface area contributed by atoms with Gasteiger partial charge in [-0.3, -0.25) is 4.79 Å². The molecule has 3 aromatic heterocycles. The summed E-state index contributed by atoms with van der Waals surface area (Å²) in [5.74, 6) is 0.193. The first-order valence-corrected chi connectivity index (χ1v) is 13.6. The number of rotatable bonds is 7. The van der Waals surface area contributed by atoms with E-state index in [1.54, 1.807) is 18.3 Å².